The Labute approximate surface area is 243 Å². The number of benzene rings is 1. The van der Waals surface area contributed by atoms with Gasteiger partial charge in [-0.1, -0.05) is 19.3 Å². The van der Waals surface area contributed by atoms with Gasteiger partial charge in [0.15, 0.2) is 6.35 Å². The number of carbonyl (C=O) groups excluding carboxylic acids is 2. The first-order valence-corrected chi connectivity index (χ1v) is 16.3. The molecule has 0 bridgehead atoms. The Hall–Kier alpha value is -2.94. The van der Waals surface area contributed by atoms with E-state index in [2.05, 4.69) is 10.2 Å². The fraction of sp³-hybridized carbons (Fsp3) is 0.567. The van der Waals surface area contributed by atoms with Crippen molar-refractivity contribution in [3.8, 4) is 11.5 Å². The van der Waals surface area contributed by atoms with Crippen molar-refractivity contribution in [2.75, 3.05) is 32.7 Å². The van der Waals surface area contributed by atoms with E-state index in [9.17, 15) is 19.3 Å². The van der Waals surface area contributed by atoms with Crippen molar-refractivity contribution in [2.24, 2.45) is 0 Å². The normalized spacial score (nSPS) is 14.1. The first-order valence-electron chi connectivity index (χ1n) is 14.4. The zero-order valence-electron chi connectivity index (χ0n) is 24.9. The summed E-state index contributed by atoms with van der Waals surface area (Å²) < 4.78 is 29.5. The minimum atomic E-state index is -3.54. The highest BCUT2D eigenvalue weighted by Crippen LogP contribution is 2.39. The number of hydrogen-bond donors (Lipinski definition) is 3. The van der Waals surface area contributed by atoms with Gasteiger partial charge < -0.3 is 19.3 Å². The highest BCUT2D eigenvalue weighted by atomic mass is 31.2. The van der Waals surface area contributed by atoms with Crippen LogP contribution in [0.4, 0.5) is 0 Å². The molecule has 2 aromatic rings. The number of carbonyl (C=O) groups is 2. The van der Waals surface area contributed by atoms with Gasteiger partial charge in [0, 0.05) is 18.0 Å². The average Bonchev–Trinajstić information content (AvgIpc) is 2.96. The number of aryl methyl sites for hydroxylation is 1. The van der Waals surface area contributed by atoms with Crippen LogP contribution in [-0.4, -0.2) is 54.7 Å². The van der Waals surface area contributed by atoms with Crippen LogP contribution in [0.2, 0.25) is 0 Å². The van der Waals surface area contributed by atoms with Crippen molar-refractivity contribution >= 4 is 19.4 Å². The van der Waals surface area contributed by atoms with Gasteiger partial charge in [-0.25, -0.2) is 10.2 Å². The molecule has 1 aromatic carbocycles. The van der Waals surface area contributed by atoms with Crippen molar-refractivity contribution in [2.45, 2.75) is 79.1 Å². The van der Waals surface area contributed by atoms with Crippen molar-refractivity contribution in [3.05, 3.63) is 51.8 Å². The van der Waals surface area contributed by atoms with Crippen molar-refractivity contribution < 1.29 is 33.5 Å². The van der Waals surface area contributed by atoms with Gasteiger partial charge in [0.2, 0.25) is 7.44 Å². The van der Waals surface area contributed by atoms with E-state index >= 15 is 0 Å². The molecule has 41 heavy (non-hydrogen) atoms. The second-order valence-electron chi connectivity index (χ2n) is 10.4. The highest BCUT2D eigenvalue weighted by Gasteiger charge is 2.26. The van der Waals surface area contributed by atoms with E-state index in [-0.39, 0.29) is 38.4 Å². The Kier molecular flexibility index (Phi) is 12.2. The molecule has 226 valence electrons. The van der Waals surface area contributed by atoms with Gasteiger partial charge in [-0.15, -0.1) is 0 Å². The third-order valence-corrected chi connectivity index (χ3v) is 9.32. The summed E-state index contributed by atoms with van der Waals surface area (Å²) in [4.78, 5) is 28.6. The number of ether oxygens (including phenoxy) is 3. The molecule has 0 spiro atoms. The summed E-state index contributed by atoms with van der Waals surface area (Å²) in [5.74, 6) is 0.00157. The van der Waals surface area contributed by atoms with Crippen LogP contribution in [0.3, 0.4) is 0 Å². The second-order valence-corrected chi connectivity index (χ2v) is 12.8. The number of pyridine rings is 1. The van der Waals surface area contributed by atoms with Crippen molar-refractivity contribution in [1.29, 1.82) is 0 Å². The SMILES string of the molecule is CCOC(=O)CNP(=O)(COc1cc(C)c(Cc2ccc(O)c(C3CCCCC3)n2)c(C)c1C)NCC(=O)OCC. The minimum absolute atomic E-state index is 0.198. The first-order chi connectivity index (χ1) is 19.6. The molecular weight excluding hydrogens is 545 g/mol. The number of hydrogen-bond acceptors (Lipinski definition) is 8. The molecule has 0 aliphatic heterocycles. The number of rotatable bonds is 14. The van der Waals surface area contributed by atoms with Gasteiger partial charge >= 0.3 is 11.9 Å². The molecule has 0 atom stereocenters. The zero-order chi connectivity index (χ0) is 30.0. The van der Waals surface area contributed by atoms with Crippen molar-refractivity contribution in [1.82, 2.24) is 15.2 Å². The van der Waals surface area contributed by atoms with Crippen LogP contribution in [-0.2, 0) is 30.0 Å². The van der Waals surface area contributed by atoms with Crippen LogP contribution in [0.5, 0.6) is 11.5 Å². The fourth-order valence-corrected chi connectivity index (χ4v) is 6.49. The van der Waals surface area contributed by atoms with Crippen LogP contribution >= 0.6 is 7.44 Å². The van der Waals surface area contributed by atoms with Gasteiger partial charge in [-0.3, -0.25) is 19.1 Å². The summed E-state index contributed by atoms with van der Waals surface area (Å²) in [7, 11) is -3.54. The summed E-state index contributed by atoms with van der Waals surface area (Å²) in [5.41, 5.74) is 5.73. The Morgan fingerprint density at radius 2 is 1.59 bits per heavy atom. The molecule has 1 aliphatic carbocycles. The van der Waals surface area contributed by atoms with E-state index in [1.165, 1.54) is 19.3 Å². The lowest BCUT2D eigenvalue weighted by molar-refractivity contribution is -0.142. The monoisotopic (exact) mass is 589 g/mol. The number of esters is 2. The lowest BCUT2D eigenvalue weighted by Gasteiger charge is -2.23. The molecule has 1 fully saturated rings. The minimum Gasteiger partial charge on any atom is -0.506 e. The quantitative estimate of drug-likeness (QED) is 0.200. The maximum Gasteiger partial charge on any atom is 0.320 e. The number of nitrogens with zero attached hydrogens (tertiary/aromatic N) is 1. The molecular formula is C30H44N3O7P. The molecule has 11 heteroatoms. The Bertz CT molecular complexity index is 1240. The molecule has 0 radical (unpaired) electrons. The molecule has 10 nitrogen and oxygen atoms in total. The smallest absolute Gasteiger partial charge is 0.320 e. The van der Waals surface area contributed by atoms with Crippen LogP contribution < -0.4 is 14.9 Å². The maximum absolute atomic E-state index is 13.6. The Balaban J connectivity index is 1.77. The van der Waals surface area contributed by atoms with Crippen LogP contribution in [0.25, 0.3) is 0 Å². The average molecular weight is 590 g/mol. The Morgan fingerprint density at radius 3 is 2.17 bits per heavy atom. The zero-order valence-corrected chi connectivity index (χ0v) is 25.8. The standard InChI is InChI=1S/C30H44N3O7P/c1-6-38-28(35)17-31-41(37,32-18-29(36)39-7-2)19-40-27-15-20(3)25(21(4)22(27)5)16-24-13-14-26(34)30(33-24)23-11-9-8-10-12-23/h13-15,23,34H,6-12,16-19H2,1-5H3,(H2,31,32,37). The summed E-state index contributed by atoms with van der Waals surface area (Å²) in [6, 6.07) is 5.54. The largest absolute Gasteiger partial charge is 0.506 e. The number of nitrogens with one attached hydrogen (secondary N) is 2. The third kappa shape index (κ3) is 9.28. The molecule has 0 amide bonds. The summed E-state index contributed by atoms with van der Waals surface area (Å²) in [6.45, 7) is 9.11. The lowest BCUT2D eigenvalue weighted by atomic mass is 9.86. The molecule has 1 aromatic heterocycles. The van der Waals surface area contributed by atoms with Gasteiger partial charge in [-0.05, 0) is 87.9 Å². The van der Waals surface area contributed by atoms with E-state index in [1.54, 1.807) is 19.9 Å². The molecule has 1 aliphatic rings. The molecule has 0 saturated heterocycles. The van der Waals surface area contributed by atoms with E-state index in [1.807, 2.05) is 32.9 Å². The number of aromatic hydroxyl groups is 1. The summed E-state index contributed by atoms with van der Waals surface area (Å²) in [6.07, 6.45) is 5.99. The topological polar surface area (TPSA) is 136 Å². The van der Waals surface area contributed by atoms with E-state index in [0.717, 1.165) is 46.5 Å². The Morgan fingerprint density at radius 1 is 0.976 bits per heavy atom. The van der Waals surface area contributed by atoms with Gasteiger partial charge in [0.25, 0.3) is 0 Å². The summed E-state index contributed by atoms with van der Waals surface area (Å²) in [5, 5.41) is 15.9. The van der Waals surface area contributed by atoms with Gasteiger partial charge in [-0.2, -0.15) is 0 Å². The summed E-state index contributed by atoms with van der Waals surface area (Å²) >= 11 is 0. The van der Waals surface area contributed by atoms with Crippen molar-refractivity contribution in [3.63, 3.8) is 0 Å². The van der Waals surface area contributed by atoms with Crippen LogP contribution in [0.15, 0.2) is 18.2 Å². The predicted molar refractivity (Wildman–Crippen MR) is 158 cm³/mol. The van der Waals surface area contributed by atoms with Gasteiger partial charge in [0.1, 0.15) is 24.6 Å². The van der Waals surface area contributed by atoms with Crippen LogP contribution in [0.1, 0.15) is 85.5 Å². The maximum atomic E-state index is 13.6. The predicted octanol–water partition coefficient (Wildman–Crippen LogP) is 5.19. The number of aromatic nitrogens is 1. The van der Waals surface area contributed by atoms with E-state index < -0.39 is 19.4 Å². The first kappa shape index (κ1) is 32.6. The van der Waals surface area contributed by atoms with Gasteiger partial charge in [0.05, 0.1) is 18.9 Å². The molecule has 1 heterocycles. The molecule has 1 saturated carbocycles. The molecule has 0 unspecified atom stereocenters. The van der Waals surface area contributed by atoms with E-state index in [0.29, 0.717) is 18.1 Å². The van der Waals surface area contributed by atoms with E-state index in [4.69, 9.17) is 19.2 Å². The highest BCUT2D eigenvalue weighted by molar-refractivity contribution is 7.59. The molecule has 3 N–H and O–H groups in total. The van der Waals surface area contributed by atoms with Crippen LogP contribution in [0, 0.1) is 20.8 Å². The second kappa shape index (κ2) is 15.3. The molecule has 3 rings (SSSR count). The lowest BCUT2D eigenvalue weighted by Crippen LogP contribution is -2.34. The fourth-order valence-electron chi connectivity index (χ4n) is 5.10. The third-order valence-electron chi connectivity index (χ3n) is 7.49.